The molecular formula is C25H53NO2. The molecule has 0 saturated carbocycles. The predicted molar refractivity (Wildman–Crippen MR) is 125 cm³/mol. The first-order valence-electron chi connectivity index (χ1n) is 12.5. The van der Waals surface area contributed by atoms with E-state index in [0.29, 0.717) is 6.42 Å². The first-order chi connectivity index (χ1) is 13.6. The summed E-state index contributed by atoms with van der Waals surface area (Å²) in [6.07, 6.45) is 22.7. The van der Waals surface area contributed by atoms with Crippen molar-refractivity contribution in [3.63, 3.8) is 0 Å². The number of hydrogen-bond acceptors (Lipinski definition) is 2. The number of carboxylic acid groups (broad SMARTS) is 1. The van der Waals surface area contributed by atoms with Crippen molar-refractivity contribution in [2.24, 2.45) is 0 Å². The highest BCUT2D eigenvalue weighted by Crippen LogP contribution is 2.13. The average molecular weight is 400 g/mol. The Balaban J connectivity index is 0. The van der Waals surface area contributed by atoms with E-state index in [0.717, 1.165) is 12.8 Å². The monoisotopic (exact) mass is 399 g/mol. The van der Waals surface area contributed by atoms with E-state index in [1.165, 1.54) is 109 Å². The molecule has 170 valence electrons. The second-order valence-corrected chi connectivity index (χ2v) is 8.40. The highest BCUT2D eigenvalue weighted by Gasteiger charge is 1.97. The van der Waals surface area contributed by atoms with Crippen LogP contribution in [0.4, 0.5) is 0 Å². The number of carbonyl (C=O) groups is 1. The lowest BCUT2D eigenvalue weighted by molar-refractivity contribution is -0.137. The normalized spacial score (nSPS) is 10.8. The Hall–Kier alpha value is -0.570. The summed E-state index contributed by atoms with van der Waals surface area (Å²) in [5.74, 6) is -0.653. The number of rotatable bonds is 20. The smallest absolute Gasteiger partial charge is 0.303 e. The Morgan fingerprint density at radius 3 is 1.18 bits per heavy atom. The Kier molecular flexibility index (Phi) is 28.0. The topological polar surface area (TPSA) is 40.5 Å². The summed E-state index contributed by atoms with van der Waals surface area (Å²) < 4.78 is 0. The maximum atomic E-state index is 10.3. The fourth-order valence-corrected chi connectivity index (χ4v) is 3.52. The van der Waals surface area contributed by atoms with Crippen LogP contribution in [0.5, 0.6) is 0 Å². The first-order valence-corrected chi connectivity index (χ1v) is 12.5. The molecule has 3 heteroatoms. The third-order valence-electron chi connectivity index (χ3n) is 5.20. The van der Waals surface area contributed by atoms with Crippen molar-refractivity contribution in [2.45, 2.75) is 136 Å². The van der Waals surface area contributed by atoms with Crippen molar-refractivity contribution in [3.8, 4) is 0 Å². The number of hydrogen-bond donors (Lipinski definition) is 1. The highest BCUT2D eigenvalue weighted by atomic mass is 16.4. The number of aliphatic carboxylic acids is 1. The Morgan fingerprint density at radius 1 is 0.571 bits per heavy atom. The van der Waals surface area contributed by atoms with Crippen molar-refractivity contribution < 1.29 is 9.90 Å². The van der Waals surface area contributed by atoms with Gasteiger partial charge in [0.15, 0.2) is 0 Å². The molecule has 1 N–H and O–H groups in total. The van der Waals surface area contributed by atoms with Crippen molar-refractivity contribution in [2.75, 3.05) is 20.1 Å². The standard InChI is InChI=1S/C18H36O2.C7H17N/c1-2-3-4-5-6-7-8-9-10-11-12-13-14-15-16-17-18(19)20;1-4-6-8(3)7-5-2/h2-17H2,1H3,(H,19,20);4-7H2,1-3H3. The van der Waals surface area contributed by atoms with Crippen LogP contribution in [0.15, 0.2) is 0 Å². The largest absolute Gasteiger partial charge is 0.481 e. The molecule has 0 amide bonds. The Bertz CT molecular complexity index is 288. The summed E-state index contributed by atoms with van der Waals surface area (Å²) in [7, 11) is 2.17. The quantitative estimate of drug-likeness (QED) is 0.210. The molecule has 0 bridgehead atoms. The SMILES string of the molecule is CCCCCCCCCCCCCCCCCC(=O)O.CCCN(C)CCC. The minimum Gasteiger partial charge on any atom is -0.481 e. The van der Waals surface area contributed by atoms with Gasteiger partial charge < -0.3 is 10.0 Å². The summed E-state index contributed by atoms with van der Waals surface area (Å²) in [5.41, 5.74) is 0. The van der Waals surface area contributed by atoms with Crippen LogP contribution in [0.25, 0.3) is 0 Å². The number of carboxylic acids is 1. The summed E-state index contributed by atoms with van der Waals surface area (Å²) in [6, 6.07) is 0. The molecule has 0 aliphatic carbocycles. The van der Waals surface area contributed by atoms with Gasteiger partial charge in [0.1, 0.15) is 0 Å². The van der Waals surface area contributed by atoms with Gasteiger partial charge in [-0.3, -0.25) is 4.79 Å². The van der Waals surface area contributed by atoms with Crippen LogP contribution in [0.1, 0.15) is 136 Å². The molecule has 0 spiro atoms. The van der Waals surface area contributed by atoms with Gasteiger partial charge in [0.2, 0.25) is 0 Å². The van der Waals surface area contributed by atoms with Crippen molar-refractivity contribution in [3.05, 3.63) is 0 Å². The highest BCUT2D eigenvalue weighted by molar-refractivity contribution is 5.66. The molecule has 0 aromatic rings. The fourth-order valence-electron chi connectivity index (χ4n) is 3.52. The second kappa shape index (κ2) is 26.4. The molecule has 0 atom stereocenters. The number of nitrogens with zero attached hydrogens (tertiary/aromatic N) is 1. The van der Waals surface area contributed by atoms with Gasteiger partial charge in [-0.25, -0.2) is 0 Å². The van der Waals surface area contributed by atoms with E-state index in [1.54, 1.807) is 0 Å². The van der Waals surface area contributed by atoms with E-state index in [-0.39, 0.29) is 0 Å². The van der Waals surface area contributed by atoms with E-state index in [1.807, 2.05) is 0 Å². The van der Waals surface area contributed by atoms with Gasteiger partial charge in [-0.05, 0) is 39.4 Å². The fraction of sp³-hybridized carbons (Fsp3) is 0.960. The van der Waals surface area contributed by atoms with Gasteiger partial charge in [0.05, 0.1) is 0 Å². The van der Waals surface area contributed by atoms with Gasteiger partial charge >= 0.3 is 5.97 Å². The molecule has 0 fully saturated rings. The maximum Gasteiger partial charge on any atom is 0.303 e. The van der Waals surface area contributed by atoms with Crippen LogP contribution in [-0.4, -0.2) is 36.1 Å². The van der Waals surface area contributed by atoms with Crippen LogP contribution in [0.3, 0.4) is 0 Å². The van der Waals surface area contributed by atoms with Crippen LogP contribution in [-0.2, 0) is 4.79 Å². The zero-order valence-electron chi connectivity index (χ0n) is 19.9. The van der Waals surface area contributed by atoms with Crippen LogP contribution in [0.2, 0.25) is 0 Å². The van der Waals surface area contributed by atoms with E-state index in [9.17, 15) is 4.79 Å². The van der Waals surface area contributed by atoms with E-state index < -0.39 is 5.97 Å². The van der Waals surface area contributed by atoms with Gasteiger partial charge in [0, 0.05) is 6.42 Å². The van der Waals surface area contributed by atoms with Crippen LogP contribution >= 0.6 is 0 Å². The maximum absolute atomic E-state index is 10.3. The van der Waals surface area contributed by atoms with E-state index in [4.69, 9.17) is 5.11 Å². The second-order valence-electron chi connectivity index (χ2n) is 8.40. The third kappa shape index (κ3) is 30.2. The van der Waals surface area contributed by atoms with E-state index >= 15 is 0 Å². The number of unbranched alkanes of at least 4 members (excludes halogenated alkanes) is 14. The lowest BCUT2D eigenvalue weighted by atomic mass is 10.0. The van der Waals surface area contributed by atoms with Gasteiger partial charge in [0.25, 0.3) is 0 Å². The van der Waals surface area contributed by atoms with Crippen molar-refractivity contribution in [1.29, 1.82) is 0 Å². The van der Waals surface area contributed by atoms with Gasteiger partial charge in [-0.15, -0.1) is 0 Å². The van der Waals surface area contributed by atoms with Crippen LogP contribution < -0.4 is 0 Å². The molecule has 0 aromatic heterocycles. The molecule has 0 saturated heterocycles. The molecule has 0 aliphatic heterocycles. The summed E-state index contributed by atoms with van der Waals surface area (Å²) >= 11 is 0. The Morgan fingerprint density at radius 2 is 0.893 bits per heavy atom. The summed E-state index contributed by atoms with van der Waals surface area (Å²) in [6.45, 7) is 9.19. The molecule has 0 rings (SSSR count). The van der Waals surface area contributed by atoms with Crippen LogP contribution in [0, 0.1) is 0 Å². The zero-order chi connectivity index (χ0) is 21.3. The molecule has 28 heavy (non-hydrogen) atoms. The molecule has 0 aliphatic rings. The van der Waals surface area contributed by atoms with E-state index in [2.05, 4.69) is 32.7 Å². The minimum absolute atomic E-state index is 0.345. The molecule has 0 unspecified atom stereocenters. The Labute approximate surface area is 177 Å². The average Bonchev–Trinajstić information content (AvgIpc) is 2.65. The summed E-state index contributed by atoms with van der Waals surface area (Å²) in [5, 5.41) is 8.52. The molecular weight excluding hydrogens is 346 g/mol. The van der Waals surface area contributed by atoms with Crippen molar-refractivity contribution >= 4 is 5.97 Å². The first kappa shape index (κ1) is 29.6. The molecule has 0 heterocycles. The predicted octanol–water partition coefficient (Wildman–Crippen LogP) is 8.07. The molecule has 0 radical (unpaired) electrons. The van der Waals surface area contributed by atoms with Crippen molar-refractivity contribution in [1.82, 2.24) is 4.90 Å². The molecule has 3 nitrogen and oxygen atoms in total. The lowest BCUT2D eigenvalue weighted by Crippen LogP contribution is -2.19. The third-order valence-corrected chi connectivity index (χ3v) is 5.20. The van der Waals surface area contributed by atoms with Gasteiger partial charge in [-0.2, -0.15) is 0 Å². The molecule has 0 aromatic carbocycles. The minimum atomic E-state index is -0.653. The lowest BCUT2D eigenvalue weighted by Gasteiger charge is -2.12. The summed E-state index contributed by atoms with van der Waals surface area (Å²) in [4.78, 5) is 12.7. The zero-order valence-corrected chi connectivity index (χ0v) is 19.9. The van der Waals surface area contributed by atoms with Gasteiger partial charge in [-0.1, -0.05) is 111 Å².